The Labute approximate surface area is 125 Å². The summed E-state index contributed by atoms with van der Waals surface area (Å²) in [5.74, 6) is 0. The first kappa shape index (κ1) is 14.0. The second-order valence-electron chi connectivity index (χ2n) is 5.21. The smallest absolute Gasteiger partial charge is 0.187 e. The molecule has 0 aliphatic heterocycles. The van der Waals surface area contributed by atoms with Crippen LogP contribution >= 0.6 is 27.3 Å². The summed E-state index contributed by atoms with van der Waals surface area (Å²) in [6.07, 6.45) is 0. The largest absolute Gasteiger partial charge is 0.330 e. The molecule has 1 N–H and O–H groups in total. The number of hydrogen-bond donors (Lipinski definition) is 1. The van der Waals surface area contributed by atoms with Crippen LogP contribution in [-0.4, -0.2) is 4.98 Å². The molecule has 0 aliphatic rings. The first-order valence-electron chi connectivity index (χ1n) is 5.83. The van der Waals surface area contributed by atoms with Crippen LogP contribution < -0.4 is 5.32 Å². The van der Waals surface area contributed by atoms with Crippen molar-refractivity contribution in [3.8, 4) is 6.07 Å². The Morgan fingerprint density at radius 3 is 2.68 bits per heavy atom. The third-order valence-electron chi connectivity index (χ3n) is 2.62. The predicted molar refractivity (Wildman–Crippen MR) is 83.0 cm³/mol. The van der Waals surface area contributed by atoms with Gasteiger partial charge in [0.15, 0.2) is 5.13 Å². The van der Waals surface area contributed by atoms with Gasteiger partial charge in [-0.25, -0.2) is 4.98 Å². The maximum absolute atomic E-state index is 9.10. The maximum Gasteiger partial charge on any atom is 0.187 e. The van der Waals surface area contributed by atoms with Crippen molar-refractivity contribution in [1.82, 2.24) is 4.98 Å². The van der Waals surface area contributed by atoms with Gasteiger partial charge in [-0.15, -0.1) is 11.3 Å². The van der Waals surface area contributed by atoms with Gasteiger partial charge < -0.3 is 5.32 Å². The monoisotopic (exact) mass is 335 g/mol. The first-order valence-corrected chi connectivity index (χ1v) is 7.50. The number of nitriles is 1. The number of hydrogen-bond acceptors (Lipinski definition) is 4. The number of thiazole rings is 1. The van der Waals surface area contributed by atoms with Gasteiger partial charge in [-0.05, 0) is 18.2 Å². The maximum atomic E-state index is 9.10. The van der Waals surface area contributed by atoms with Crippen molar-refractivity contribution in [1.29, 1.82) is 5.26 Å². The summed E-state index contributed by atoms with van der Waals surface area (Å²) in [6, 6.07) is 7.69. The molecule has 0 atom stereocenters. The fraction of sp³-hybridized carbons (Fsp3) is 0.286. The highest BCUT2D eigenvalue weighted by molar-refractivity contribution is 9.10. The van der Waals surface area contributed by atoms with Crippen molar-refractivity contribution < 1.29 is 0 Å². The normalized spacial score (nSPS) is 11.1. The topological polar surface area (TPSA) is 48.7 Å². The minimum atomic E-state index is 0.0335. The molecule has 0 bridgehead atoms. The molecule has 0 spiro atoms. The molecule has 0 amide bonds. The van der Waals surface area contributed by atoms with Crippen LogP contribution in [0.15, 0.2) is 28.1 Å². The average Bonchev–Trinajstić information content (AvgIpc) is 2.77. The zero-order valence-corrected chi connectivity index (χ0v) is 13.4. The van der Waals surface area contributed by atoms with E-state index in [4.69, 9.17) is 5.26 Å². The van der Waals surface area contributed by atoms with Crippen molar-refractivity contribution in [2.75, 3.05) is 5.32 Å². The Bertz CT molecular complexity index is 635. The van der Waals surface area contributed by atoms with Crippen molar-refractivity contribution in [3.63, 3.8) is 0 Å². The van der Waals surface area contributed by atoms with Crippen molar-refractivity contribution in [2.24, 2.45) is 0 Å². The summed E-state index contributed by atoms with van der Waals surface area (Å²) in [4.78, 5) is 4.56. The number of anilines is 2. The van der Waals surface area contributed by atoms with Gasteiger partial charge >= 0.3 is 0 Å². The number of nitrogens with zero attached hydrogens (tertiary/aromatic N) is 2. The van der Waals surface area contributed by atoms with Gasteiger partial charge in [0, 0.05) is 15.3 Å². The lowest BCUT2D eigenvalue weighted by Gasteiger charge is -2.14. The number of benzene rings is 1. The van der Waals surface area contributed by atoms with E-state index in [1.165, 1.54) is 0 Å². The molecular weight excluding hydrogens is 322 g/mol. The van der Waals surface area contributed by atoms with Crippen LogP contribution in [0.3, 0.4) is 0 Å². The lowest BCUT2D eigenvalue weighted by Crippen LogP contribution is -2.11. The second-order valence-corrected chi connectivity index (χ2v) is 6.99. The zero-order chi connectivity index (χ0) is 14.0. The number of rotatable bonds is 2. The van der Waals surface area contributed by atoms with Gasteiger partial charge in [-0.1, -0.05) is 36.7 Å². The van der Waals surface area contributed by atoms with E-state index in [0.29, 0.717) is 5.56 Å². The molecule has 3 nitrogen and oxygen atoms in total. The van der Waals surface area contributed by atoms with Crippen LogP contribution in [0.25, 0.3) is 0 Å². The Kier molecular flexibility index (Phi) is 3.93. The first-order chi connectivity index (χ1) is 8.90. The molecule has 2 aromatic rings. The summed E-state index contributed by atoms with van der Waals surface area (Å²) in [6.45, 7) is 6.39. The Morgan fingerprint density at radius 1 is 1.37 bits per heavy atom. The van der Waals surface area contributed by atoms with E-state index in [-0.39, 0.29) is 5.41 Å². The number of halogens is 1. The van der Waals surface area contributed by atoms with Crippen LogP contribution in [0.5, 0.6) is 0 Å². The summed E-state index contributed by atoms with van der Waals surface area (Å²) >= 11 is 4.96. The van der Waals surface area contributed by atoms with Gasteiger partial charge in [-0.2, -0.15) is 5.26 Å². The molecule has 5 heteroatoms. The van der Waals surface area contributed by atoms with Gasteiger partial charge in [-0.3, -0.25) is 0 Å². The van der Waals surface area contributed by atoms with Gasteiger partial charge in [0.25, 0.3) is 0 Å². The Balaban J connectivity index is 2.29. The summed E-state index contributed by atoms with van der Waals surface area (Å²) in [7, 11) is 0. The fourth-order valence-electron chi connectivity index (χ4n) is 1.51. The fourth-order valence-corrected chi connectivity index (χ4v) is 2.82. The number of nitrogens with one attached hydrogen (secondary N) is 1. The van der Waals surface area contributed by atoms with E-state index in [2.05, 4.69) is 53.1 Å². The Morgan fingerprint density at radius 2 is 2.11 bits per heavy atom. The third-order valence-corrected chi connectivity index (χ3v) is 3.87. The number of aromatic nitrogens is 1. The van der Waals surface area contributed by atoms with E-state index >= 15 is 0 Å². The average molecular weight is 336 g/mol. The molecule has 0 radical (unpaired) electrons. The molecule has 0 unspecified atom stereocenters. The minimum absolute atomic E-state index is 0.0335. The summed E-state index contributed by atoms with van der Waals surface area (Å²) in [5, 5.41) is 15.2. The lowest BCUT2D eigenvalue weighted by molar-refractivity contribution is 0.573. The predicted octanol–water partition coefficient (Wildman–Crippen LogP) is 4.82. The second kappa shape index (κ2) is 5.32. The highest BCUT2D eigenvalue weighted by atomic mass is 79.9. The lowest BCUT2D eigenvalue weighted by atomic mass is 9.93. The molecule has 0 aliphatic carbocycles. The van der Waals surface area contributed by atoms with E-state index < -0.39 is 0 Å². The standard InChI is InChI=1S/C14H14BrN3S/c1-14(2,3)12-8-19-13(18-12)17-11-6-10(15)5-4-9(11)7-16/h4-6,8H,1-3H3,(H,17,18). The zero-order valence-electron chi connectivity index (χ0n) is 11.0. The summed E-state index contributed by atoms with van der Waals surface area (Å²) in [5.41, 5.74) is 2.46. The van der Waals surface area contributed by atoms with Crippen molar-refractivity contribution >= 4 is 38.1 Å². The quantitative estimate of drug-likeness (QED) is 0.855. The van der Waals surface area contributed by atoms with E-state index in [1.54, 1.807) is 17.4 Å². The van der Waals surface area contributed by atoms with Crippen LogP contribution in [0.1, 0.15) is 32.0 Å². The van der Waals surface area contributed by atoms with Gasteiger partial charge in [0.05, 0.1) is 16.9 Å². The molecule has 19 heavy (non-hydrogen) atoms. The minimum Gasteiger partial charge on any atom is -0.330 e. The molecule has 2 rings (SSSR count). The van der Waals surface area contributed by atoms with E-state index in [0.717, 1.165) is 21.0 Å². The third kappa shape index (κ3) is 3.34. The van der Waals surface area contributed by atoms with Gasteiger partial charge in [0.1, 0.15) is 6.07 Å². The van der Waals surface area contributed by atoms with Crippen LogP contribution in [0, 0.1) is 11.3 Å². The molecule has 0 saturated heterocycles. The Hall–Kier alpha value is -1.38. The van der Waals surface area contributed by atoms with Gasteiger partial charge in [0.2, 0.25) is 0 Å². The molecule has 0 saturated carbocycles. The van der Waals surface area contributed by atoms with E-state index in [1.807, 2.05) is 17.5 Å². The molecule has 98 valence electrons. The van der Waals surface area contributed by atoms with E-state index in [9.17, 15) is 0 Å². The highest BCUT2D eigenvalue weighted by Crippen LogP contribution is 2.30. The molecular formula is C14H14BrN3S. The van der Waals surface area contributed by atoms with Crippen molar-refractivity contribution in [3.05, 3.63) is 39.3 Å². The van der Waals surface area contributed by atoms with Crippen LogP contribution in [0.4, 0.5) is 10.8 Å². The SMILES string of the molecule is CC(C)(C)c1csc(Nc2cc(Br)ccc2C#N)n1. The van der Waals surface area contributed by atoms with Crippen LogP contribution in [-0.2, 0) is 5.41 Å². The summed E-state index contributed by atoms with van der Waals surface area (Å²) < 4.78 is 0.932. The molecule has 1 aromatic heterocycles. The molecule has 1 aromatic carbocycles. The molecule has 0 fully saturated rings. The van der Waals surface area contributed by atoms with Crippen LogP contribution in [0.2, 0.25) is 0 Å². The highest BCUT2D eigenvalue weighted by Gasteiger charge is 2.17. The molecule has 1 heterocycles. The van der Waals surface area contributed by atoms with Crippen molar-refractivity contribution in [2.45, 2.75) is 26.2 Å².